The van der Waals surface area contributed by atoms with Crippen LogP contribution in [0.4, 0.5) is 0 Å². The second-order valence-corrected chi connectivity index (χ2v) is 6.60. The largest absolute Gasteiger partial charge is 0.118 e. The molecule has 0 amide bonds. The number of hydrogen-bond donors (Lipinski definition) is 0. The smallest absolute Gasteiger partial charge is 0.0590 e. The summed E-state index contributed by atoms with van der Waals surface area (Å²) in [5, 5.41) is 0.134. The van der Waals surface area contributed by atoms with E-state index in [-0.39, 0.29) is 10.8 Å². The molecule has 0 aliphatic heterocycles. The summed E-state index contributed by atoms with van der Waals surface area (Å²) < 4.78 is 0. The van der Waals surface area contributed by atoms with Gasteiger partial charge in [0.25, 0.3) is 0 Å². The summed E-state index contributed by atoms with van der Waals surface area (Å²) in [5.74, 6) is 0. The van der Waals surface area contributed by atoms with Gasteiger partial charge in [-0.15, -0.1) is 11.6 Å². The highest BCUT2D eigenvalue weighted by Crippen LogP contribution is 2.34. The highest BCUT2D eigenvalue weighted by molar-refractivity contribution is 6.20. The quantitative estimate of drug-likeness (QED) is 0.586. The summed E-state index contributed by atoms with van der Waals surface area (Å²) in [6.45, 7) is 8.93. The molecular weight excluding hydrogens is 228 g/mol. The zero-order valence-electron chi connectivity index (χ0n) is 11.6. The van der Waals surface area contributed by atoms with Crippen LogP contribution < -0.4 is 0 Å². The maximum atomic E-state index is 6.45. The molecule has 1 heteroatoms. The Kier molecular flexibility index (Phi) is 5.52. The molecule has 0 heterocycles. The molecule has 0 aromatic heterocycles. The topological polar surface area (TPSA) is 0 Å². The van der Waals surface area contributed by atoms with Crippen molar-refractivity contribution in [1.82, 2.24) is 0 Å². The minimum Gasteiger partial charge on any atom is -0.118 e. The van der Waals surface area contributed by atoms with Gasteiger partial charge in [-0.1, -0.05) is 58.4 Å². The third-order valence-corrected chi connectivity index (χ3v) is 3.36. The molecule has 96 valence electrons. The number of rotatable bonds is 5. The molecule has 0 nitrogen and oxygen atoms in total. The highest BCUT2D eigenvalue weighted by Gasteiger charge is 2.17. The molecule has 17 heavy (non-hydrogen) atoms. The molecule has 0 spiro atoms. The van der Waals surface area contributed by atoms with Gasteiger partial charge in [0.2, 0.25) is 0 Å². The summed E-state index contributed by atoms with van der Waals surface area (Å²) in [5.41, 5.74) is 2.96. The highest BCUT2D eigenvalue weighted by atomic mass is 35.5. The standard InChI is InChI=1S/C16H25Cl/c1-5-6-7-13-8-10-14(11-9-13)15(17)12-16(2,3)4/h8-11,15H,5-7,12H2,1-4H3. The van der Waals surface area contributed by atoms with E-state index in [0.29, 0.717) is 0 Å². The lowest BCUT2D eigenvalue weighted by molar-refractivity contribution is 0.372. The Labute approximate surface area is 111 Å². The van der Waals surface area contributed by atoms with Crippen LogP contribution in [0.25, 0.3) is 0 Å². The lowest BCUT2D eigenvalue weighted by atomic mass is 9.88. The van der Waals surface area contributed by atoms with Crippen LogP contribution in [0.1, 0.15) is 63.5 Å². The molecule has 1 unspecified atom stereocenters. The molecule has 0 saturated carbocycles. The lowest BCUT2D eigenvalue weighted by Gasteiger charge is -2.22. The Bertz CT molecular complexity index is 318. The average Bonchev–Trinajstić information content (AvgIpc) is 2.24. The Morgan fingerprint density at radius 1 is 1.12 bits per heavy atom. The monoisotopic (exact) mass is 252 g/mol. The summed E-state index contributed by atoms with van der Waals surface area (Å²) in [6.07, 6.45) is 4.72. The maximum absolute atomic E-state index is 6.45. The van der Waals surface area contributed by atoms with E-state index in [1.54, 1.807) is 0 Å². The van der Waals surface area contributed by atoms with Gasteiger partial charge in [0.1, 0.15) is 0 Å². The predicted octanol–water partition coefficient (Wildman–Crippen LogP) is 5.75. The fraction of sp³-hybridized carbons (Fsp3) is 0.625. The number of benzene rings is 1. The molecular formula is C16H25Cl. The van der Waals surface area contributed by atoms with Crippen LogP contribution in [0.2, 0.25) is 0 Å². The van der Waals surface area contributed by atoms with Crippen molar-refractivity contribution in [3.63, 3.8) is 0 Å². The molecule has 0 radical (unpaired) electrons. The van der Waals surface area contributed by atoms with Crippen molar-refractivity contribution in [2.75, 3.05) is 0 Å². The van der Waals surface area contributed by atoms with Gasteiger partial charge in [0, 0.05) is 0 Å². The maximum Gasteiger partial charge on any atom is 0.0590 e. The van der Waals surface area contributed by atoms with E-state index >= 15 is 0 Å². The zero-order valence-corrected chi connectivity index (χ0v) is 12.3. The van der Waals surface area contributed by atoms with E-state index in [4.69, 9.17) is 11.6 Å². The first-order valence-corrected chi connectivity index (χ1v) is 7.09. The van der Waals surface area contributed by atoms with E-state index in [0.717, 1.165) is 6.42 Å². The summed E-state index contributed by atoms with van der Waals surface area (Å²) >= 11 is 6.45. The Morgan fingerprint density at radius 3 is 2.18 bits per heavy atom. The molecule has 1 aromatic carbocycles. The molecule has 1 atom stereocenters. The molecule has 0 saturated heterocycles. The Balaban J connectivity index is 2.60. The second-order valence-electron chi connectivity index (χ2n) is 6.08. The third-order valence-electron chi connectivity index (χ3n) is 2.95. The van der Waals surface area contributed by atoms with Gasteiger partial charge >= 0.3 is 0 Å². The van der Waals surface area contributed by atoms with Gasteiger partial charge < -0.3 is 0 Å². The van der Waals surface area contributed by atoms with Crippen LogP contribution in [0.5, 0.6) is 0 Å². The van der Waals surface area contributed by atoms with Gasteiger partial charge in [-0.2, -0.15) is 0 Å². The summed E-state index contributed by atoms with van der Waals surface area (Å²) in [4.78, 5) is 0. The summed E-state index contributed by atoms with van der Waals surface area (Å²) in [7, 11) is 0. The van der Waals surface area contributed by atoms with Gasteiger partial charge in [0.05, 0.1) is 5.38 Å². The van der Waals surface area contributed by atoms with Crippen LogP contribution in [0.3, 0.4) is 0 Å². The number of hydrogen-bond acceptors (Lipinski definition) is 0. The van der Waals surface area contributed by atoms with E-state index in [1.807, 2.05) is 0 Å². The van der Waals surface area contributed by atoms with Crippen LogP contribution in [-0.2, 0) is 6.42 Å². The van der Waals surface area contributed by atoms with Gasteiger partial charge in [-0.05, 0) is 35.8 Å². The average molecular weight is 253 g/mol. The van der Waals surface area contributed by atoms with Crippen molar-refractivity contribution in [2.24, 2.45) is 5.41 Å². The van der Waals surface area contributed by atoms with Gasteiger partial charge in [-0.25, -0.2) is 0 Å². The molecule has 0 bridgehead atoms. The van der Waals surface area contributed by atoms with Crippen molar-refractivity contribution >= 4 is 11.6 Å². The minimum absolute atomic E-state index is 0.134. The van der Waals surface area contributed by atoms with Crippen LogP contribution in [-0.4, -0.2) is 0 Å². The minimum atomic E-state index is 0.134. The van der Waals surface area contributed by atoms with Crippen molar-refractivity contribution < 1.29 is 0 Å². The number of halogens is 1. The Morgan fingerprint density at radius 2 is 1.71 bits per heavy atom. The van der Waals surface area contributed by atoms with E-state index in [2.05, 4.69) is 52.0 Å². The molecule has 0 aliphatic rings. The van der Waals surface area contributed by atoms with E-state index in [1.165, 1.54) is 30.4 Å². The van der Waals surface area contributed by atoms with E-state index < -0.39 is 0 Å². The first kappa shape index (κ1) is 14.6. The fourth-order valence-electron chi connectivity index (χ4n) is 1.93. The number of alkyl halides is 1. The molecule has 0 fully saturated rings. The molecule has 0 N–H and O–H groups in total. The van der Waals surface area contributed by atoms with Crippen molar-refractivity contribution in [3.05, 3.63) is 35.4 Å². The molecule has 0 aliphatic carbocycles. The zero-order chi connectivity index (χ0) is 12.9. The van der Waals surface area contributed by atoms with Gasteiger partial charge in [-0.3, -0.25) is 0 Å². The number of aryl methyl sites for hydroxylation is 1. The van der Waals surface area contributed by atoms with Crippen molar-refractivity contribution in [1.29, 1.82) is 0 Å². The third kappa shape index (κ3) is 5.59. The summed E-state index contributed by atoms with van der Waals surface area (Å²) in [6, 6.07) is 8.83. The molecule has 1 rings (SSSR count). The second kappa shape index (κ2) is 6.44. The number of unbranched alkanes of at least 4 members (excludes halogenated alkanes) is 1. The van der Waals surface area contributed by atoms with Crippen LogP contribution >= 0.6 is 11.6 Å². The fourth-order valence-corrected chi connectivity index (χ4v) is 2.54. The predicted molar refractivity (Wildman–Crippen MR) is 77.7 cm³/mol. The SMILES string of the molecule is CCCCc1ccc(C(Cl)CC(C)(C)C)cc1. The first-order valence-electron chi connectivity index (χ1n) is 6.65. The van der Waals surface area contributed by atoms with Crippen molar-refractivity contribution in [3.8, 4) is 0 Å². The van der Waals surface area contributed by atoms with E-state index in [9.17, 15) is 0 Å². The van der Waals surface area contributed by atoms with Crippen molar-refractivity contribution in [2.45, 2.75) is 58.8 Å². The Hall–Kier alpha value is -0.490. The van der Waals surface area contributed by atoms with Crippen LogP contribution in [0, 0.1) is 5.41 Å². The lowest BCUT2D eigenvalue weighted by Crippen LogP contribution is -2.08. The van der Waals surface area contributed by atoms with Gasteiger partial charge in [0.15, 0.2) is 0 Å². The first-order chi connectivity index (χ1) is 7.92. The van der Waals surface area contributed by atoms with Crippen LogP contribution in [0.15, 0.2) is 24.3 Å². The normalized spacial score (nSPS) is 13.7. The molecule has 1 aromatic rings.